The Balaban J connectivity index is 1.82. The second-order valence-electron chi connectivity index (χ2n) is 6.06. The number of hydrogen-bond donors (Lipinski definition) is 1. The Hall–Kier alpha value is -0.410. The first-order chi connectivity index (χ1) is 7.96. The van der Waals surface area contributed by atoms with E-state index in [0.717, 1.165) is 6.54 Å². The average Bonchev–Trinajstić information content (AvgIpc) is 2.56. The lowest BCUT2D eigenvalue weighted by atomic mass is 9.75. The van der Waals surface area contributed by atoms with Crippen LogP contribution >= 0.6 is 11.3 Å². The van der Waals surface area contributed by atoms with Crippen LogP contribution in [0.1, 0.15) is 55.1 Å². The molecule has 17 heavy (non-hydrogen) atoms. The van der Waals surface area contributed by atoms with E-state index in [2.05, 4.69) is 38.0 Å². The molecule has 0 unspecified atom stereocenters. The first-order valence-electron chi connectivity index (χ1n) is 6.62. The molecule has 2 nitrogen and oxygen atoms in total. The Labute approximate surface area is 109 Å². The minimum atomic E-state index is 0.565. The van der Waals surface area contributed by atoms with Crippen molar-refractivity contribution in [3.8, 4) is 0 Å². The predicted octanol–water partition coefficient (Wildman–Crippen LogP) is 3.82. The lowest BCUT2D eigenvalue weighted by molar-refractivity contribution is 0.206. The Bertz CT molecular complexity index is 372. The second-order valence-corrected chi connectivity index (χ2v) is 7.35. The maximum atomic E-state index is 4.48. The van der Waals surface area contributed by atoms with E-state index in [1.165, 1.54) is 41.3 Å². The summed E-state index contributed by atoms with van der Waals surface area (Å²) in [6, 6.07) is 0.713. The molecule has 1 saturated carbocycles. The van der Waals surface area contributed by atoms with E-state index < -0.39 is 0 Å². The van der Waals surface area contributed by atoms with E-state index in [1.807, 2.05) is 11.3 Å². The number of thiazole rings is 1. The molecule has 96 valence electrons. The topological polar surface area (TPSA) is 24.9 Å². The van der Waals surface area contributed by atoms with Gasteiger partial charge in [-0.25, -0.2) is 4.98 Å². The molecule has 1 heterocycles. The van der Waals surface area contributed by atoms with Crippen molar-refractivity contribution in [3.05, 3.63) is 15.6 Å². The van der Waals surface area contributed by atoms with Crippen LogP contribution < -0.4 is 5.32 Å². The fourth-order valence-corrected chi connectivity index (χ4v) is 3.47. The number of nitrogens with one attached hydrogen (secondary N) is 1. The lowest BCUT2D eigenvalue weighted by Crippen LogP contribution is -2.35. The molecule has 0 aromatic carbocycles. The van der Waals surface area contributed by atoms with E-state index in [0.29, 0.717) is 11.5 Å². The summed E-state index contributed by atoms with van der Waals surface area (Å²) in [7, 11) is 0. The van der Waals surface area contributed by atoms with Crippen LogP contribution in [0, 0.1) is 19.3 Å². The molecular weight excluding hydrogens is 228 g/mol. The van der Waals surface area contributed by atoms with Crippen molar-refractivity contribution in [1.29, 1.82) is 0 Å². The van der Waals surface area contributed by atoms with Gasteiger partial charge in [0.25, 0.3) is 0 Å². The summed E-state index contributed by atoms with van der Waals surface area (Å²) in [6.07, 6.45) is 5.35. The van der Waals surface area contributed by atoms with Crippen molar-refractivity contribution < 1.29 is 0 Å². The molecule has 0 aliphatic heterocycles. The van der Waals surface area contributed by atoms with Crippen molar-refractivity contribution >= 4 is 11.3 Å². The minimum absolute atomic E-state index is 0.565. The molecule has 0 amide bonds. The average molecular weight is 252 g/mol. The highest BCUT2D eigenvalue weighted by Crippen LogP contribution is 2.35. The molecule has 1 N–H and O–H groups in total. The van der Waals surface area contributed by atoms with Gasteiger partial charge < -0.3 is 5.32 Å². The fraction of sp³-hybridized carbons (Fsp3) is 0.786. The molecule has 1 fully saturated rings. The molecule has 1 aliphatic rings. The van der Waals surface area contributed by atoms with Gasteiger partial charge >= 0.3 is 0 Å². The molecule has 0 atom stereocenters. The van der Waals surface area contributed by atoms with E-state index in [4.69, 9.17) is 0 Å². The maximum Gasteiger partial charge on any atom is 0.0900 e. The van der Waals surface area contributed by atoms with Crippen LogP contribution in [0.5, 0.6) is 0 Å². The van der Waals surface area contributed by atoms with Crippen LogP contribution in [0.3, 0.4) is 0 Å². The third-order valence-electron chi connectivity index (χ3n) is 3.89. The zero-order valence-corrected chi connectivity index (χ0v) is 12.3. The third kappa shape index (κ3) is 3.52. The number of nitrogens with zero attached hydrogens (tertiary/aromatic N) is 1. The SMILES string of the molecule is Cc1nc(C)c(CNC2CCC(C)(C)CC2)s1. The first-order valence-corrected chi connectivity index (χ1v) is 7.44. The normalized spacial score (nSPS) is 20.7. The van der Waals surface area contributed by atoms with E-state index >= 15 is 0 Å². The van der Waals surface area contributed by atoms with E-state index in [9.17, 15) is 0 Å². The van der Waals surface area contributed by atoms with Gasteiger partial charge in [0.2, 0.25) is 0 Å². The summed E-state index contributed by atoms with van der Waals surface area (Å²) in [5.74, 6) is 0. The van der Waals surface area contributed by atoms with Crippen LogP contribution in [-0.4, -0.2) is 11.0 Å². The van der Waals surface area contributed by atoms with Gasteiger partial charge in [-0.15, -0.1) is 11.3 Å². The smallest absolute Gasteiger partial charge is 0.0900 e. The Morgan fingerprint density at radius 1 is 1.29 bits per heavy atom. The summed E-state index contributed by atoms with van der Waals surface area (Å²) in [5.41, 5.74) is 1.77. The molecule has 3 heteroatoms. The fourth-order valence-electron chi connectivity index (χ4n) is 2.58. The Morgan fingerprint density at radius 2 is 1.94 bits per heavy atom. The van der Waals surface area contributed by atoms with Crippen molar-refractivity contribution in [2.75, 3.05) is 0 Å². The number of rotatable bonds is 3. The number of hydrogen-bond acceptors (Lipinski definition) is 3. The first kappa shape index (κ1) is 13.0. The van der Waals surface area contributed by atoms with Crippen molar-refractivity contribution in [1.82, 2.24) is 10.3 Å². The monoisotopic (exact) mass is 252 g/mol. The standard InChI is InChI=1S/C14H24N2S/c1-10-13(17-11(2)16-10)9-15-12-5-7-14(3,4)8-6-12/h12,15H,5-9H2,1-4H3. The van der Waals surface area contributed by atoms with Crippen molar-refractivity contribution in [3.63, 3.8) is 0 Å². The lowest BCUT2D eigenvalue weighted by Gasteiger charge is -2.34. The van der Waals surface area contributed by atoms with Gasteiger partial charge in [0.1, 0.15) is 0 Å². The molecular formula is C14H24N2S. The van der Waals surface area contributed by atoms with Gasteiger partial charge in [0, 0.05) is 17.5 Å². The van der Waals surface area contributed by atoms with Gasteiger partial charge in [0.15, 0.2) is 0 Å². The highest BCUT2D eigenvalue weighted by molar-refractivity contribution is 7.11. The highest BCUT2D eigenvalue weighted by atomic mass is 32.1. The number of aryl methyl sites for hydroxylation is 2. The van der Waals surface area contributed by atoms with Gasteiger partial charge in [-0.2, -0.15) is 0 Å². The molecule has 1 aromatic heterocycles. The molecule has 0 radical (unpaired) electrons. The molecule has 1 aromatic rings. The largest absolute Gasteiger partial charge is 0.309 e. The summed E-state index contributed by atoms with van der Waals surface area (Å²) in [6.45, 7) is 9.98. The van der Waals surface area contributed by atoms with Gasteiger partial charge in [-0.3, -0.25) is 0 Å². The quantitative estimate of drug-likeness (QED) is 0.884. The van der Waals surface area contributed by atoms with Crippen LogP contribution in [0.4, 0.5) is 0 Å². The molecule has 0 bridgehead atoms. The summed E-state index contributed by atoms with van der Waals surface area (Å²) in [4.78, 5) is 5.89. The van der Waals surface area contributed by atoms with Gasteiger partial charge in [0.05, 0.1) is 10.7 Å². The van der Waals surface area contributed by atoms with Gasteiger partial charge in [-0.1, -0.05) is 13.8 Å². The van der Waals surface area contributed by atoms with E-state index in [-0.39, 0.29) is 0 Å². The third-order valence-corrected chi connectivity index (χ3v) is 4.96. The predicted molar refractivity (Wildman–Crippen MR) is 74.5 cm³/mol. The molecule has 1 aliphatic carbocycles. The second kappa shape index (κ2) is 5.07. The molecule has 0 spiro atoms. The van der Waals surface area contributed by atoms with Crippen LogP contribution in [0.2, 0.25) is 0 Å². The van der Waals surface area contributed by atoms with Crippen LogP contribution in [0.15, 0.2) is 0 Å². The van der Waals surface area contributed by atoms with Crippen molar-refractivity contribution in [2.45, 2.75) is 66.0 Å². The van der Waals surface area contributed by atoms with Crippen molar-refractivity contribution in [2.24, 2.45) is 5.41 Å². The highest BCUT2D eigenvalue weighted by Gasteiger charge is 2.26. The van der Waals surface area contributed by atoms with E-state index in [1.54, 1.807) is 0 Å². The van der Waals surface area contributed by atoms with Gasteiger partial charge in [-0.05, 0) is 44.9 Å². The molecule has 0 saturated heterocycles. The minimum Gasteiger partial charge on any atom is -0.309 e. The number of aromatic nitrogens is 1. The van der Waals surface area contributed by atoms with Crippen LogP contribution in [-0.2, 0) is 6.54 Å². The summed E-state index contributed by atoms with van der Waals surface area (Å²) in [5, 5.41) is 4.88. The zero-order chi connectivity index (χ0) is 12.5. The summed E-state index contributed by atoms with van der Waals surface area (Å²) >= 11 is 1.83. The van der Waals surface area contributed by atoms with Crippen LogP contribution in [0.25, 0.3) is 0 Å². The molecule has 2 rings (SSSR count). The zero-order valence-electron chi connectivity index (χ0n) is 11.5. The summed E-state index contributed by atoms with van der Waals surface area (Å²) < 4.78 is 0. The Kier molecular flexibility index (Phi) is 3.88. The Morgan fingerprint density at radius 3 is 2.47 bits per heavy atom. The maximum absolute atomic E-state index is 4.48.